The SMILES string of the molecule is COc1cc(OC)cc(C(=O)OOCCC(C)(C)OC)c1. The summed E-state index contributed by atoms with van der Waals surface area (Å²) in [6.07, 6.45) is 0.595. The molecule has 0 saturated heterocycles. The molecule has 0 unspecified atom stereocenters. The smallest absolute Gasteiger partial charge is 0.373 e. The van der Waals surface area contributed by atoms with Crippen molar-refractivity contribution in [2.75, 3.05) is 27.9 Å². The lowest BCUT2D eigenvalue weighted by molar-refractivity contribution is -0.247. The van der Waals surface area contributed by atoms with Crippen LogP contribution in [0, 0.1) is 0 Å². The molecule has 0 amide bonds. The van der Waals surface area contributed by atoms with Crippen molar-refractivity contribution in [1.29, 1.82) is 0 Å². The summed E-state index contributed by atoms with van der Waals surface area (Å²) >= 11 is 0. The van der Waals surface area contributed by atoms with Crippen LogP contribution in [0.5, 0.6) is 11.5 Å². The molecule has 1 rings (SSSR count). The van der Waals surface area contributed by atoms with Crippen LogP contribution in [-0.2, 0) is 14.5 Å². The van der Waals surface area contributed by atoms with Gasteiger partial charge in [0.1, 0.15) is 11.5 Å². The van der Waals surface area contributed by atoms with E-state index in [4.69, 9.17) is 24.0 Å². The lowest BCUT2D eigenvalue weighted by atomic mass is 10.1. The van der Waals surface area contributed by atoms with Crippen molar-refractivity contribution in [2.45, 2.75) is 25.9 Å². The third-order valence-electron chi connectivity index (χ3n) is 3.06. The van der Waals surface area contributed by atoms with Gasteiger partial charge in [-0.3, -0.25) is 4.89 Å². The van der Waals surface area contributed by atoms with Gasteiger partial charge in [-0.1, -0.05) is 0 Å². The molecule has 0 fully saturated rings. The average Bonchev–Trinajstić information content (AvgIpc) is 2.50. The highest BCUT2D eigenvalue weighted by Gasteiger charge is 2.17. The molecule has 0 radical (unpaired) electrons. The standard InChI is InChI=1S/C15H22O6/c1-15(2,19-5)6-7-20-21-14(16)11-8-12(17-3)10-13(9-11)18-4/h8-10H,6-7H2,1-5H3. The summed E-state index contributed by atoms with van der Waals surface area (Å²) < 4.78 is 15.4. The van der Waals surface area contributed by atoms with Crippen molar-refractivity contribution in [3.8, 4) is 11.5 Å². The fraction of sp³-hybridized carbons (Fsp3) is 0.533. The molecule has 0 saturated carbocycles. The second-order valence-electron chi connectivity index (χ2n) is 5.01. The molecule has 0 bridgehead atoms. The average molecular weight is 298 g/mol. The van der Waals surface area contributed by atoms with Gasteiger partial charge < -0.3 is 14.2 Å². The molecule has 0 N–H and O–H groups in total. The summed E-state index contributed by atoms with van der Waals surface area (Å²) in [7, 11) is 4.63. The molecule has 0 atom stereocenters. The van der Waals surface area contributed by atoms with E-state index in [1.807, 2.05) is 13.8 Å². The summed E-state index contributed by atoms with van der Waals surface area (Å²) in [5, 5.41) is 0. The first-order valence-corrected chi connectivity index (χ1v) is 6.54. The maximum absolute atomic E-state index is 11.9. The summed E-state index contributed by atoms with van der Waals surface area (Å²) in [5.74, 6) is 0.394. The quantitative estimate of drug-likeness (QED) is 0.417. The molecule has 0 aliphatic carbocycles. The third-order valence-corrected chi connectivity index (χ3v) is 3.06. The Morgan fingerprint density at radius 3 is 2.10 bits per heavy atom. The zero-order valence-electron chi connectivity index (χ0n) is 13.1. The molecule has 1 aromatic rings. The Morgan fingerprint density at radius 1 is 1.05 bits per heavy atom. The predicted molar refractivity (Wildman–Crippen MR) is 76.6 cm³/mol. The van der Waals surface area contributed by atoms with Crippen LogP contribution >= 0.6 is 0 Å². The predicted octanol–water partition coefficient (Wildman–Crippen LogP) is 2.61. The van der Waals surface area contributed by atoms with E-state index >= 15 is 0 Å². The zero-order chi connectivity index (χ0) is 15.9. The van der Waals surface area contributed by atoms with Crippen molar-refractivity contribution >= 4 is 5.97 Å². The van der Waals surface area contributed by atoms with Crippen molar-refractivity contribution < 1.29 is 28.8 Å². The Hall–Kier alpha value is -1.79. The molecular formula is C15H22O6. The maximum atomic E-state index is 11.9. The Labute approximate surface area is 124 Å². The summed E-state index contributed by atoms with van der Waals surface area (Å²) in [6, 6.07) is 4.76. The molecule has 118 valence electrons. The summed E-state index contributed by atoms with van der Waals surface area (Å²) in [4.78, 5) is 21.6. The number of ether oxygens (including phenoxy) is 3. The molecule has 0 aliphatic rings. The summed E-state index contributed by atoms with van der Waals surface area (Å²) in [6.45, 7) is 4.09. The number of hydrogen-bond acceptors (Lipinski definition) is 6. The van der Waals surface area contributed by atoms with Crippen LogP contribution in [0.15, 0.2) is 18.2 Å². The Bertz CT molecular complexity index is 447. The van der Waals surface area contributed by atoms with Gasteiger partial charge in [0.25, 0.3) is 0 Å². The van der Waals surface area contributed by atoms with E-state index in [1.54, 1.807) is 25.3 Å². The van der Waals surface area contributed by atoms with Gasteiger partial charge in [0, 0.05) is 19.6 Å². The second kappa shape index (κ2) is 7.85. The molecule has 0 aliphatic heterocycles. The molecule has 0 spiro atoms. The maximum Gasteiger partial charge on any atom is 0.373 e. The largest absolute Gasteiger partial charge is 0.497 e. The van der Waals surface area contributed by atoms with E-state index in [0.717, 1.165) is 0 Å². The van der Waals surface area contributed by atoms with Gasteiger partial charge in [-0.05, 0) is 26.0 Å². The Morgan fingerprint density at radius 2 is 1.62 bits per heavy atom. The molecular weight excluding hydrogens is 276 g/mol. The second-order valence-corrected chi connectivity index (χ2v) is 5.01. The molecule has 0 heterocycles. The van der Waals surface area contributed by atoms with Gasteiger partial charge in [-0.2, -0.15) is 4.89 Å². The van der Waals surface area contributed by atoms with Crippen LogP contribution in [0.4, 0.5) is 0 Å². The molecule has 1 aromatic carbocycles. The molecule has 6 heteroatoms. The number of benzene rings is 1. The van der Waals surface area contributed by atoms with Gasteiger partial charge in [0.05, 0.1) is 32.0 Å². The van der Waals surface area contributed by atoms with E-state index in [0.29, 0.717) is 17.9 Å². The van der Waals surface area contributed by atoms with Crippen LogP contribution in [0.25, 0.3) is 0 Å². The molecule has 21 heavy (non-hydrogen) atoms. The lowest BCUT2D eigenvalue weighted by Crippen LogP contribution is -2.24. The Kier molecular flexibility index (Phi) is 6.45. The van der Waals surface area contributed by atoms with Crippen molar-refractivity contribution in [2.24, 2.45) is 0 Å². The Balaban J connectivity index is 2.56. The van der Waals surface area contributed by atoms with Crippen LogP contribution in [0.3, 0.4) is 0 Å². The van der Waals surface area contributed by atoms with Gasteiger partial charge in [-0.15, -0.1) is 0 Å². The molecule has 0 aromatic heterocycles. The minimum Gasteiger partial charge on any atom is -0.497 e. The van der Waals surface area contributed by atoms with Crippen LogP contribution < -0.4 is 9.47 Å². The summed E-state index contributed by atoms with van der Waals surface area (Å²) in [5.41, 5.74) is -0.0387. The highest BCUT2D eigenvalue weighted by molar-refractivity contribution is 5.90. The van der Waals surface area contributed by atoms with E-state index < -0.39 is 5.97 Å². The van der Waals surface area contributed by atoms with Gasteiger partial charge in [-0.25, -0.2) is 4.79 Å². The zero-order valence-corrected chi connectivity index (χ0v) is 13.1. The first kappa shape index (κ1) is 17.3. The first-order chi connectivity index (χ1) is 9.91. The van der Waals surface area contributed by atoms with Gasteiger partial charge in [0.2, 0.25) is 0 Å². The highest BCUT2D eigenvalue weighted by atomic mass is 17.2. The number of carbonyl (C=O) groups excluding carboxylic acids is 1. The van der Waals surface area contributed by atoms with Crippen molar-refractivity contribution in [1.82, 2.24) is 0 Å². The number of carbonyl (C=O) groups is 1. The van der Waals surface area contributed by atoms with Crippen LogP contribution in [0.1, 0.15) is 30.6 Å². The topological polar surface area (TPSA) is 63.2 Å². The number of hydrogen-bond donors (Lipinski definition) is 0. The van der Waals surface area contributed by atoms with Crippen molar-refractivity contribution in [3.63, 3.8) is 0 Å². The fourth-order valence-electron chi connectivity index (χ4n) is 1.46. The van der Waals surface area contributed by atoms with Crippen LogP contribution in [0.2, 0.25) is 0 Å². The van der Waals surface area contributed by atoms with Gasteiger partial charge in [0.15, 0.2) is 0 Å². The first-order valence-electron chi connectivity index (χ1n) is 6.54. The lowest BCUT2D eigenvalue weighted by Gasteiger charge is -2.21. The third kappa shape index (κ3) is 5.61. The van der Waals surface area contributed by atoms with Gasteiger partial charge >= 0.3 is 5.97 Å². The minimum absolute atomic E-state index is 0.244. The minimum atomic E-state index is -0.609. The van der Waals surface area contributed by atoms with E-state index in [2.05, 4.69) is 0 Å². The normalized spacial score (nSPS) is 11.1. The van der Waals surface area contributed by atoms with E-state index in [9.17, 15) is 4.79 Å². The fourth-order valence-corrected chi connectivity index (χ4v) is 1.46. The monoisotopic (exact) mass is 298 g/mol. The van der Waals surface area contributed by atoms with E-state index in [-0.39, 0.29) is 17.8 Å². The number of methoxy groups -OCH3 is 3. The number of rotatable bonds is 8. The van der Waals surface area contributed by atoms with E-state index in [1.165, 1.54) is 14.2 Å². The van der Waals surface area contributed by atoms with Crippen molar-refractivity contribution in [3.05, 3.63) is 23.8 Å². The molecule has 6 nitrogen and oxygen atoms in total. The van der Waals surface area contributed by atoms with Crippen LogP contribution in [-0.4, -0.2) is 39.5 Å². The highest BCUT2D eigenvalue weighted by Crippen LogP contribution is 2.23.